The molecule has 0 aliphatic carbocycles. The summed E-state index contributed by atoms with van der Waals surface area (Å²) in [4.78, 5) is 45.9. The third-order valence-electron chi connectivity index (χ3n) is 7.31. The standard InChI is InChI=1S/C28H35N3O8/c1-16-20(17(2)29-22(16)28(35)38-5)24(32)21-23(18-8-6-9-19(36-3)26(18)37-4)31(27(34)25(21)33)11-7-10-30-12-14-39-15-13-30/h6,8-9,23,29,32H,7,10-15H2,1-5H3/b24-21+/t23-/m0/s1. The molecular weight excluding hydrogens is 506 g/mol. The van der Waals surface area contributed by atoms with E-state index in [4.69, 9.17) is 18.9 Å². The number of aryl methyl sites for hydroxylation is 1. The topological polar surface area (TPSA) is 131 Å². The number of para-hydroxylation sites is 1. The third kappa shape index (κ3) is 5.24. The molecule has 210 valence electrons. The Kier molecular flexibility index (Phi) is 8.61. The van der Waals surface area contributed by atoms with Gasteiger partial charge in [0.2, 0.25) is 0 Å². The van der Waals surface area contributed by atoms with Crippen LogP contribution in [-0.4, -0.2) is 98.3 Å². The minimum atomic E-state index is -0.935. The monoisotopic (exact) mass is 541 g/mol. The Balaban J connectivity index is 1.83. The molecule has 0 saturated carbocycles. The summed E-state index contributed by atoms with van der Waals surface area (Å²) in [5.41, 5.74) is 1.72. The van der Waals surface area contributed by atoms with Crippen molar-refractivity contribution in [2.24, 2.45) is 0 Å². The number of rotatable bonds is 9. The van der Waals surface area contributed by atoms with Gasteiger partial charge in [-0.1, -0.05) is 12.1 Å². The summed E-state index contributed by atoms with van der Waals surface area (Å²) < 4.78 is 21.4. The first-order valence-corrected chi connectivity index (χ1v) is 12.8. The third-order valence-corrected chi connectivity index (χ3v) is 7.31. The van der Waals surface area contributed by atoms with E-state index in [0.717, 1.165) is 19.6 Å². The predicted octanol–water partition coefficient (Wildman–Crippen LogP) is 2.58. The maximum atomic E-state index is 13.5. The number of amides is 1. The number of hydrogen-bond acceptors (Lipinski definition) is 9. The average molecular weight is 542 g/mol. The largest absolute Gasteiger partial charge is 0.507 e. The number of aliphatic hydroxyl groups is 1. The fourth-order valence-electron chi connectivity index (χ4n) is 5.40. The lowest BCUT2D eigenvalue weighted by molar-refractivity contribution is -0.140. The van der Waals surface area contributed by atoms with Gasteiger partial charge >= 0.3 is 5.97 Å². The van der Waals surface area contributed by atoms with Gasteiger partial charge in [-0.15, -0.1) is 0 Å². The first kappa shape index (κ1) is 28.2. The summed E-state index contributed by atoms with van der Waals surface area (Å²) in [6.45, 7) is 7.26. The Morgan fingerprint density at radius 1 is 1.10 bits per heavy atom. The van der Waals surface area contributed by atoms with E-state index in [9.17, 15) is 19.5 Å². The minimum absolute atomic E-state index is 0.0838. The van der Waals surface area contributed by atoms with Crippen molar-refractivity contribution in [2.45, 2.75) is 26.3 Å². The maximum absolute atomic E-state index is 13.5. The van der Waals surface area contributed by atoms with Gasteiger partial charge in [-0.2, -0.15) is 0 Å². The summed E-state index contributed by atoms with van der Waals surface area (Å²) >= 11 is 0. The Morgan fingerprint density at radius 2 is 1.82 bits per heavy atom. The highest BCUT2D eigenvalue weighted by atomic mass is 16.5. The quantitative estimate of drug-likeness (QED) is 0.213. The second-order valence-electron chi connectivity index (χ2n) is 9.50. The number of aromatic amines is 1. The Morgan fingerprint density at radius 3 is 2.46 bits per heavy atom. The molecule has 0 spiro atoms. The van der Waals surface area contributed by atoms with Gasteiger partial charge in [-0.25, -0.2) is 4.79 Å². The van der Waals surface area contributed by atoms with Crippen molar-refractivity contribution >= 4 is 23.4 Å². The molecule has 2 aliphatic heterocycles. The number of esters is 1. The average Bonchev–Trinajstić information content (AvgIpc) is 3.39. The zero-order valence-corrected chi connectivity index (χ0v) is 23.0. The van der Waals surface area contributed by atoms with Crippen LogP contribution < -0.4 is 9.47 Å². The number of nitrogens with one attached hydrogen (secondary N) is 1. The van der Waals surface area contributed by atoms with Gasteiger partial charge in [0.1, 0.15) is 11.5 Å². The van der Waals surface area contributed by atoms with E-state index in [2.05, 4.69) is 9.88 Å². The number of Topliss-reactive ketones (excluding diaryl/α,β-unsaturated/α-hetero) is 1. The molecule has 1 amide bonds. The number of aromatic nitrogens is 1. The molecule has 39 heavy (non-hydrogen) atoms. The molecular formula is C28H35N3O8. The highest BCUT2D eigenvalue weighted by molar-refractivity contribution is 6.46. The maximum Gasteiger partial charge on any atom is 0.354 e. The van der Waals surface area contributed by atoms with Gasteiger partial charge in [0, 0.05) is 43.0 Å². The molecule has 2 aromatic rings. The lowest BCUT2D eigenvalue weighted by Crippen LogP contribution is -2.39. The Hall–Kier alpha value is -3.83. The van der Waals surface area contributed by atoms with E-state index in [1.165, 1.54) is 26.2 Å². The molecule has 2 N–H and O–H groups in total. The molecule has 11 nitrogen and oxygen atoms in total. The van der Waals surface area contributed by atoms with E-state index in [1.807, 2.05) is 0 Å². The van der Waals surface area contributed by atoms with Crippen LogP contribution in [0.1, 0.15) is 45.3 Å². The molecule has 4 rings (SSSR count). The minimum Gasteiger partial charge on any atom is -0.507 e. The van der Waals surface area contributed by atoms with Gasteiger partial charge in [-0.3, -0.25) is 14.5 Å². The van der Waals surface area contributed by atoms with Crippen LogP contribution in [0.25, 0.3) is 5.76 Å². The summed E-state index contributed by atoms with van der Waals surface area (Å²) in [6.07, 6.45) is 0.616. The molecule has 0 bridgehead atoms. The molecule has 1 aromatic heterocycles. The number of morpholine rings is 1. The van der Waals surface area contributed by atoms with Gasteiger partial charge in [0.05, 0.1) is 46.2 Å². The van der Waals surface area contributed by atoms with Crippen LogP contribution in [0.3, 0.4) is 0 Å². The van der Waals surface area contributed by atoms with E-state index >= 15 is 0 Å². The lowest BCUT2D eigenvalue weighted by Gasteiger charge is -2.30. The van der Waals surface area contributed by atoms with Crippen LogP contribution in [-0.2, 0) is 19.1 Å². The number of likely N-dealkylation sites (tertiary alicyclic amines) is 1. The summed E-state index contributed by atoms with van der Waals surface area (Å²) in [5.74, 6) is -1.73. The van der Waals surface area contributed by atoms with Crippen molar-refractivity contribution in [3.05, 3.63) is 51.9 Å². The van der Waals surface area contributed by atoms with E-state index in [1.54, 1.807) is 32.0 Å². The summed E-state index contributed by atoms with van der Waals surface area (Å²) in [5, 5.41) is 11.6. The highest BCUT2D eigenvalue weighted by Crippen LogP contribution is 2.46. The van der Waals surface area contributed by atoms with Crippen LogP contribution in [0, 0.1) is 13.8 Å². The van der Waals surface area contributed by atoms with Crippen molar-refractivity contribution in [2.75, 3.05) is 60.7 Å². The number of carbonyl (C=O) groups excluding carboxylic acids is 3. The highest BCUT2D eigenvalue weighted by Gasteiger charge is 2.47. The zero-order valence-electron chi connectivity index (χ0n) is 23.0. The van der Waals surface area contributed by atoms with Crippen molar-refractivity contribution in [3.8, 4) is 11.5 Å². The molecule has 2 saturated heterocycles. The molecule has 2 aliphatic rings. The van der Waals surface area contributed by atoms with Crippen LogP contribution >= 0.6 is 0 Å². The first-order chi connectivity index (χ1) is 18.7. The number of H-pyrrole nitrogens is 1. The number of benzene rings is 1. The normalized spacial score (nSPS) is 19.4. The number of methoxy groups -OCH3 is 3. The number of carbonyl (C=O) groups is 3. The van der Waals surface area contributed by atoms with Gasteiger partial charge in [0.15, 0.2) is 11.5 Å². The van der Waals surface area contributed by atoms with E-state index < -0.39 is 23.7 Å². The molecule has 11 heteroatoms. The van der Waals surface area contributed by atoms with Crippen molar-refractivity contribution in [1.82, 2.24) is 14.8 Å². The molecule has 0 radical (unpaired) electrons. The Bertz CT molecular complexity index is 1290. The molecule has 3 heterocycles. The number of ketones is 1. The fraction of sp³-hybridized carbons (Fsp3) is 0.464. The number of hydrogen-bond donors (Lipinski definition) is 2. The molecule has 0 unspecified atom stereocenters. The van der Waals surface area contributed by atoms with Gasteiger partial charge in [0.25, 0.3) is 11.7 Å². The van der Waals surface area contributed by atoms with E-state index in [-0.39, 0.29) is 29.1 Å². The van der Waals surface area contributed by atoms with Gasteiger partial charge in [-0.05, 0) is 31.9 Å². The number of aliphatic hydroxyl groups excluding tert-OH is 1. The van der Waals surface area contributed by atoms with Crippen molar-refractivity contribution in [1.29, 1.82) is 0 Å². The lowest BCUT2D eigenvalue weighted by atomic mass is 9.93. The smallest absolute Gasteiger partial charge is 0.354 e. The SMILES string of the molecule is COC(=O)c1[nH]c(C)c(/C(O)=C2\C(=O)C(=O)N(CCCN3CCOCC3)[C@H]2c2cccc(OC)c2OC)c1C. The second-order valence-corrected chi connectivity index (χ2v) is 9.50. The van der Waals surface area contributed by atoms with Gasteiger partial charge < -0.3 is 33.9 Å². The number of nitrogens with zero attached hydrogens (tertiary/aromatic N) is 2. The van der Waals surface area contributed by atoms with Crippen LogP contribution in [0.15, 0.2) is 23.8 Å². The molecule has 1 aromatic carbocycles. The fourth-order valence-corrected chi connectivity index (χ4v) is 5.40. The summed E-state index contributed by atoms with van der Waals surface area (Å²) in [6, 6.07) is 4.27. The Labute approximate surface area is 227 Å². The number of ether oxygens (including phenoxy) is 4. The molecule has 1 atom stereocenters. The van der Waals surface area contributed by atoms with Crippen molar-refractivity contribution in [3.63, 3.8) is 0 Å². The van der Waals surface area contributed by atoms with Crippen molar-refractivity contribution < 1.29 is 38.4 Å². The van der Waals surface area contributed by atoms with Crippen LogP contribution in [0.2, 0.25) is 0 Å². The predicted molar refractivity (Wildman–Crippen MR) is 142 cm³/mol. The first-order valence-electron chi connectivity index (χ1n) is 12.8. The molecule has 2 fully saturated rings. The summed E-state index contributed by atoms with van der Waals surface area (Å²) in [7, 11) is 4.24. The van der Waals surface area contributed by atoms with Crippen LogP contribution in [0.5, 0.6) is 11.5 Å². The second kappa shape index (κ2) is 11.9. The van der Waals surface area contributed by atoms with Crippen LogP contribution in [0.4, 0.5) is 0 Å². The van der Waals surface area contributed by atoms with E-state index in [0.29, 0.717) is 48.0 Å². The zero-order chi connectivity index (χ0) is 28.3.